The fourth-order valence-electron chi connectivity index (χ4n) is 2.13. The third kappa shape index (κ3) is 9.62. The van der Waals surface area contributed by atoms with Gasteiger partial charge in [0.25, 0.3) is 0 Å². The second kappa shape index (κ2) is 12.9. The van der Waals surface area contributed by atoms with Gasteiger partial charge < -0.3 is 20.9 Å². The molecule has 2 rings (SSSR count). The van der Waals surface area contributed by atoms with Gasteiger partial charge in [0, 0.05) is 0 Å². The number of hydrogen-bond donors (Lipinski definition) is 4. The van der Waals surface area contributed by atoms with Crippen molar-refractivity contribution in [3.05, 3.63) is 71.8 Å². The number of nitrogens with zero attached hydrogens (tertiary/aromatic N) is 2. The Morgan fingerprint density at radius 1 is 0.800 bits per heavy atom. The van der Waals surface area contributed by atoms with Crippen LogP contribution in [0.1, 0.15) is 11.1 Å². The van der Waals surface area contributed by atoms with Crippen LogP contribution in [0.3, 0.4) is 0 Å². The molecule has 0 aliphatic rings. The summed E-state index contributed by atoms with van der Waals surface area (Å²) in [6.45, 7) is 0.818. The van der Waals surface area contributed by atoms with Gasteiger partial charge in [-0.2, -0.15) is 10.2 Å². The van der Waals surface area contributed by atoms with Gasteiger partial charge in [-0.15, -0.1) is 0 Å². The summed E-state index contributed by atoms with van der Waals surface area (Å²) in [4.78, 5) is 0. The van der Waals surface area contributed by atoms with Crippen LogP contribution >= 0.6 is 24.4 Å². The van der Waals surface area contributed by atoms with Gasteiger partial charge in [0.05, 0.1) is 12.4 Å². The molecule has 0 bridgehead atoms. The number of thiocarbonyl (C=S) groups is 2. The molecule has 0 unspecified atom stereocenters. The largest absolute Gasteiger partial charge is 0.490 e. The van der Waals surface area contributed by atoms with Crippen molar-refractivity contribution in [3.8, 4) is 11.5 Å². The highest BCUT2D eigenvalue weighted by Gasteiger charge is 1.96. The highest BCUT2D eigenvalue weighted by Crippen LogP contribution is 2.13. The third-order valence-electron chi connectivity index (χ3n) is 3.35. The SMILES string of the molecule is NC(=S)N/N=C/c1cccc(OC/C=C/COc2cccc(/C=N/NC(N)=S)c2)c1. The van der Waals surface area contributed by atoms with Gasteiger partial charge >= 0.3 is 0 Å². The average Bonchev–Trinajstić information content (AvgIpc) is 2.71. The smallest absolute Gasteiger partial charge is 0.184 e. The normalized spacial score (nSPS) is 11.1. The van der Waals surface area contributed by atoms with E-state index in [1.54, 1.807) is 12.4 Å². The molecule has 0 aliphatic heterocycles. The Morgan fingerprint density at radius 2 is 1.23 bits per heavy atom. The first kappa shape index (κ1) is 22.8. The summed E-state index contributed by atoms with van der Waals surface area (Å²) in [7, 11) is 0. The van der Waals surface area contributed by atoms with Crippen molar-refractivity contribution in [3.63, 3.8) is 0 Å². The molecule has 8 nitrogen and oxygen atoms in total. The van der Waals surface area contributed by atoms with Crippen molar-refractivity contribution in [1.82, 2.24) is 10.9 Å². The van der Waals surface area contributed by atoms with E-state index in [0.29, 0.717) is 13.2 Å². The molecule has 0 saturated heterocycles. The summed E-state index contributed by atoms with van der Waals surface area (Å²) in [5, 5.41) is 8.04. The Balaban J connectivity index is 1.75. The zero-order chi connectivity index (χ0) is 21.6. The molecule has 6 N–H and O–H groups in total. The Hall–Kier alpha value is -3.50. The monoisotopic (exact) mass is 442 g/mol. The molecule has 0 spiro atoms. The lowest BCUT2D eigenvalue weighted by molar-refractivity contribution is 0.350. The molecule has 2 aromatic rings. The number of rotatable bonds is 10. The number of hydrogen-bond acceptors (Lipinski definition) is 6. The van der Waals surface area contributed by atoms with Gasteiger partial charge in [-0.1, -0.05) is 24.3 Å². The standard InChI is InChI=1S/C20H22N6O2S2/c21-19(29)25-23-13-15-5-3-7-17(11-15)27-9-1-2-10-28-18-8-4-6-16(12-18)14-24-26-20(22)30/h1-8,11-14H,9-10H2,(H3,21,25,29)(H3,22,26,30)/b2-1+,23-13+,24-14+. The molecule has 0 aliphatic carbocycles. The Labute approximate surface area is 185 Å². The van der Waals surface area contributed by atoms with E-state index >= 15 is 0 Å². The van der Waals surface area contributed by atoms with E-state index in [1.165, 1.54) is 0 Å². The van der Waals surface area contributed by atoms with Crippen LogP contribution in [-0.2, 0) is 0 Å². The summed E-state index contributed by atoms with van der Waals surface area (Å²) >= 11 is 9.37. The molecule has 0 aromatic heterocycles. The molecular weight excluding hydrogens is 420 g/mol. The summed E-state index contributed by atoms with van der Waals surface area (Å²) in [6, 6.07) is 15.0. The fourth-order valence-corrected chi connectivity index (χ4v) is 2.24. The summed E-state index contributed by atoms with van der Waals surface area (Å²) < 4.78 is 11.4. The van der Waals surface area contributed by atoms with E-state index in [4.69, 9.17) is 20.9 Å². The lowest BCUT2D eigenvalue weighted by Crippen LogP contribution is -2.23. The Kier molecular flexibility index (Phi) is 9.77. The summed E-state index contributed by atoms with van der Waals surface area (Å²) in [5.74, 6) is 1.44. The summed E-state index contributed by atoms with van der Waals surface area (Å²) in [6.07, 6.45) is 6.98. The second-order valence-electron chi connectivity index (χ2n) is 5.71. The predicted octanol–water partition coefficient (Wildman–Crippen LogP) is 2.03. The molecule has 10 heteroatoms. The van der Waals surface area contributed by atoms with E-state index < -0.39 is 0 Å². The van der Waals surface area contributed by atoms with Gasteiger partial charge in [-0.3, -0.25) is 10.9 Å². The summed E-state index contributed by atoms with van der Waals surface area (Å²) in [5.41, 5.74) is 17.3. The molecular formula is C20H22N6O2S2. The topological polar surface area (TPSA) is 119 Å². The third-order valence-corrected chi connectivity index (χ3v) is 3.53. The van der Waals surface area contributed by atoms with Crippen molar-refractivity contribution in [2.45, 2.75) is 0 Å². The predicted molar refractivity (Wildman–Crippen MR) is 128 cm³/mol. The molecule has 0 heterocycles. The Bertz CT molecular complexity index is 871. The number of hydrazone groups is 2. The minimum Gasteiger partial charge on any atom is -0.490 e. The number of benzene rings is 2. The van der Waals surface area contributed by atoms with Crippen molar-refractivity contribution in [1.29, 1.82) is 0 Å². The van der Waals surface area contributed by atoms with E-state index in [2.05, 4.69) is 45.5 Å². The molecule has 0 atom stereocenters. The molecule has 0 amide bonds. The van der Waals surface area contributed by atoms with E-state index in [-0.39, 0.29) is 10.2 Å². The molecule has 0 saturated carbocycles. The Morgan fingerprint density at radius 3 is 1.63 bits per heavy atom. The second-order valence-corrected chi connectivity index (χ2v) is 6.59. The van der Waals surface area contributed by atoms with Crippen molar-refractivity contribution in [2.75, 3.05) is 13.2 Å². The minimum absolute atomic E-state index is 0.110. The van der Waals surface area contributed by atoms with Crippen LogP contribution in [0.5, 0.6) is 11.5 Å². The molecule has 0 radical (unpaired) electrons. The van der Waals surface area contributed by atoms with Crippen LogP contribution in [0, 0.1) is 0 Å². The van der Waals surface area contributed by atoms with Crippen LogP contribution in [0.2, 0.25) is 0 Å². The molecule has 2 aromatic carbocycles. The van der Waals surface area contributed by atoms with Crippen molar-refractivity contribution in [2.24, 2.45) is 21.7 Å². The minimum atomic E-state index is 0.110. The van der Waals surface area contributed by atoms with Crippen LogP contribution in [0.4, 0.5) is 0 Å². The van der Waals surface area contributed by atoms with Gasteiger partial charge in [0.2, 0.25) is 0 Å². The quantitative estimate of drug-likeness (QED) is 0.191. The van der Waals surface area contributed by atoms with E-state index in [9.17, 15) is 0 Å². The van der Waals surface area contributed by atoms with Gasteiger partial charge in [-0.25, -0.2) is 0 Å². The van der Waals surface area contributed by atoms with Gasteiger partial charge in [-0.05, 0) is 72.0 Å². The van der Waals surface area contributed by atoms with Gasteiger partial charge in [0.1, 0.15) is 24.7 Å². The van der Waals surface area contributed by atoms with Crippen LogP contribution in [0.25, 0.3) is 0 Å². The van der Waals surface area contributed by atoms with Crippen LogP contribution in [-0.4, -0.2) is 35.9 Å². The highest BCUT2D eigenvalue weighted by atomic mass is 32.1. The van der Waals surface area contributed by atoms with Crippen LogP contribution in [0.15, 0.2) is 70.9 Å². The first-order chi connectivity index (χ1) is 14.5. The maximum atomic E-state index is 5.69. The lowest BCUT2D eigenvalue weighted by atomic mass is 10.2. The number of nitrogens with one attached hydrogen (secondary N) is 2. The van der Waals surface area contributed by atoms with Crippen molar-refractivity contribution < 1.29 is 9.47 Å². The fraction of sp³-hybridized carbons (Fsp3) is 0.100. The maximum absolute atomic E-state index is 5.69. The van der Waals surface area contributed by atoms with Crippen LogP contribution < -0.4 is 31.8 Å². The number of nitrogens with two attached hydrogens (primary N) is 2. The van der Waals surface area contributed by atoms with Crippen molar-refractivity contribution >= 4 is 47.1 Å². The number of ether oxygens (including phenoxy) is 2. The zero-order valence-corrected chi connectivity index (χ0v) is 17.7. The molecule has 0 fully saturated rings. The zero-order valence-electron chi connectivity index (χ0n) is 16.0. The molecule has 156 valence electrons. The molecule has 30 heavy (non-hydrogen) atoms. The first-order valence-electron chi connectivity index (χ1n) is 8.80. The average molecular weight is 443 g/mol. The highest BCUT2D eigenvalue weighted by molar-refractivity contribution is 7.80. The van der Waals surface area contributed by atoms with E-state index in [1.807, 2.05) is 60.7 Å². The lowest BCUT2D eigenvalue weighted by Gasteiger charge is -2.05. The maximum Gasteiger partial charge on any atom is 0.184 e. The first-order valence-corrected chi connectivity index (χ1v) is 9.62. The van der Waals surface area contributed by atoms with Gasteiger partial charge in [0.15, 0.2) is 10.2 Å². The van der Waals surface area contributed by atoms with E-state index in [0.717, 1.165) is 22.6 Å².